The predicted molar refractivity (Wildman–Crippen MR) is 142 cm³/mol. The molecule has 1 aromatic heterocycles. The van der Waals surface area contributed by atoms with Gasteiger partial charge >= 0.3 is 5.97 Å². The third kappa shape index (κ3) is 5.34. The highest BCUT2D eigenvalue weighted by molar-refractivity contribution is 6.30. The molecule has 0 amide bonds. The summed E-state index contributed by atoms with van der Waals surface area (Å²) in [5.74, 6) is -0.338. The van der Waals surface area contributed by atoms with E-state index in [4.69, 9.17) is 16.3 Å². The molecule has 0 fully saturated rings. The molecule has 1 atom stereocenters. The highest BCUT2D eigenvalue weighted by Gasteiger charge is 2.28. The summed E-state index contributed by atoms with van der Waals surface area (Å²) in [5.41, 5.74) is 7.56. The van der Waals surface area contributed by atoms with Crippen LogP contribution in [0.1, 0.15) is 40.3 Å². The second-order valence-electron chi connectivity index (χ2n) is 9.08. The van der Waals surface area contributed by atoms with Crippen LogP contribution in [0.3, 0.4) is 0 Å². The molecular weight excluding hydrogens is 456 g/mol. The van der Waals surface area contributed by atoms with Gasteiger partial charge in [0.1, 0.15) is 0 Å². The second kappa shape index (κ2) is 10.5. The van der Waals surface area contributed by atoms with Gasteiger partial charge in [-0.25, -0.2) is 4.79 Å². The van der Waals surface area contributed by atoms with Crippen LogP contribution in [-0.2, 0) is 28.9 Å². The van der Waals surface area contributed by atoms with Gasteiger partial charge in [-0.1, -0.05) is 60.1 Å². The molecular formula is C30H29ClN2O2. The number of rotatable bonds is 8. The summed E-state index contributed by atoms with van der Waals surface area (Å²) in [6.07, 6.45) is 8.53. The maximum absolute atomic E-state index is 11.5. The van der Waals surface area contributed by atoms with Crippen molar-refractivity contribution < 1.29 is 9.53 Å². The molecule has 1 unspecified atom stereocenters. The maximum Gasteiger partial charge on any atom is 0.330 e. The van der Waals surface area contributed by atoms with E-state index in [1.807, 2.05) is 18.2 Å². The average Bonchev–Trinajstić information content (AvgIpc) is 3.50. The fraction of sp³-hybridized carbons (Fsp3) is 0.233. The van der Waals surface area contributed by atoms with E-state index in [0.717, 1.165) is 42.9 Å². The molecule has 4 aromatic rings. The highest BCUT2D eigenvalue weighted by atomic mass is 35.5. The van der Waals surface area contributed by atoms with Crippen LogP contribution in [0.2, 0.25) is 5.02 Å². The van der Waals surface area contributed by atoms with Crippen LogP contribution in [0, 0.1) is 0 Å². The molecule has 0 saturated carbocycles. The van der Waals surface area contributed by atoms with Crippen LogP contribution in [0.4, 0.5) is 0 Å². The molecule has 3 aromatic carbocycles. The number of para-hydroxylation sites is 1. The molecule has 5 heteroatoms. The van der Waals surface area contributed by atoms with E-state index in [1.165, 1.54) is 46.3 Å². The first-order valence-corrected chi connectivity index (χ1v) is 12.4. The Hall–Kier alpha value is -3.34. The number of fused-ring (bicyclic) bond motifs is 2. The van der Waals surface area contributed by atoms with Crippen LogP contribution in [0.25, 0.3) is 17.0 Å². The minimum Gasteiger partial charge on any atom is -0.466 e. The largest absolute Gasteiger partial charge is 0.466 e. The van der Waals surface area contributed by atoms with Gasteiger partial charge in [0.2, 0.25) is 0 Å². The van der Waals surface area contributed by atoms with Crippen LogP contribution in [-0.4, -0.2) is 29.5 Å². The number of esters is 1. The van der Waals surface area contributed by atoms with Crippen molar-refractivity contribution in [3.05, 3.63) is 112 Å². The number of carbonyl (C=O) groups excluding carboxylic acids is 1. The van der Waals surface area contributed by atoms with Gasteiger partial charge in [-0.05, 0) is 71.4 Å². The monoisotopic (exact) mass is 484 g/mol. The number of aromatic nitrogens is 1. The van der Waals surface area contributed by atoms with Gasteiger partial charge in [-0.2, -0.15) is 0 Å². The Morgan fingerprint density at radius 3 is 2.80 bits per heavy atom. The number of H-pyrrole nitrogens is 1. The Morgan fingerprint density at radius 2 is 1.97 bits per heavy atom. The van der Waals surface area contributed by atoms with Gasteiger partial charge in [0.25, 0.3) is 0 Å². The van der Waals surface area contributed by atoms with Crippen LogP contribution < -0.4 is 0 Å². The highest BCUT2D eigenvalue weighted by Crippen LogP contribution is 2.37. The summed E-state index contributed by atoms with van der Waals surface area (Å²) in [5, 5.41) is 2.06. The molecule has 0 aliphatic heterocycles. The Labute approximate surface area is 211 Å². The molecule has 1 aliphatic carbocycles. The minimum absolute atomic E-state index is 0.338. The first-order valence-electron chi connectivity index (χ1n) is 12.0. The van der Waals surface area contributed by atoms with E-state index in [9.17, 15) is 4.79 Å². The SMILES string of the molecule is COC(=O)/C=C/c1ccc2c(c1)CCC2N(CCc1c[nH]c2ccccc12)Cc1ccc(Cl)cc1. The van der Waals surface area contributed by atoms with Crippen molar-refractivity contribution in [3.63, 3.8) is 0 Å². The molecule has 0 saturated heterocycles. The Morgan fingerprint density at radius 1 is 1.14 bits per heavy atom. The van der Waals surface area contributed by atoms with Crippen molar-refractivity contribution in [2.24, 2.45) is 0 Å². The Kier molecular flexibility index (Phi) is 7.03. The average molecular weight is 485 g/mol. The normalized spacial score (nSPS) is 15.2. The zero-order chi connectivity index (χ0) is 24.2. The molecule has 0 spiro atoms. The lowest BCUT2D eigenvalue weighted by atomic mass is 10.0. The fourth-order valence-corrected chi connectivity index (χ4v) is 5.23. The standard InChI is InChI=1S/C30H29ClN2O2/c1-35-30(34)15-9-21-8-13-27-23(18-21)10-14-29(27)33(20-22-6-11-25(31)12-7-22)17-16-24-19-32-28-5-3-2-4-26(24)28/h2-9,11-13,15,18-19,29,32H,10,14,16-17,20H2,1H3/b15-9+. The first-order chi connectivity index (χ1) is 17.1. The van der Waals surface area contributed by atoms with Gasteiger partial charge in [-0.3, -0.25) is 4.90 Å². The quantitative estimate of drug-likeness (QED) is 0.222. The number of hydrogen-bond donors (Lipinski definition) is 1. The summed E-state index contributed by atoms with van der Waals surface area (Å²) in [4.78, 5) is 17.5. The maximum atomic E-state index is 11.5. The first kappa shape index (κ1) is 23.4. The number of nitrogens with zero attached hydrogens (tertiary/aromatic N) is 1. The van der Waals surface area contributed by atoms with E-state index in [-0.39, 0.29) is 5.97 Å². The second-order valence-corrected chi connectivity index (χ2v) is 9.51. The Balaban J connectivity index is 1.39. The molecule has 0 radical (unpaired) electrons. The van der Waals surface area contributed by atoms with E-state index in [1.54, 1.807) is 0 Å². The third-order valence-electron chi connectivity index (χ3n) is 6.91. The molecule has 5 rings (SSSR count). The van der Waals surface area contributed by atoms with Crippen molar-refractivity contribution in [1.82, 2.24) is 9.88 Å². The third-order valence-corrected chi connectivity index (χ3v) is 7.16. The number of nitrogens with one attached hydrogen (secondary N) is 1. The zero-order valence-electron chi connectivity index (χ0n) is 19.8. The molecule has 35 heavy (non-hydrogen) atoms. The topological polar surface area (TPSA) is 45.3 Å². The molecule has 178 valence electrons. The van der Waals surface area contributed by atoms with E-state index >= 15 is 0 Å². The van der Waals surface area contributed by atoms with Gasteiger partial charge in [-0.15, -0.1) is 0 Å². The lowest BCUT2D eigenvalue weighted by Gasteiger charge is -2.30. The van der Waals surface area contributed by atoms with E-state index < -0.39 is 0 Å². The van der Waals surface area contributed by atoms with Crippen LogP contribution >= 0.6 is 11.6 Å². The lowest BCUT2D eigenvalue weighted by molar-refractivity contribution is -0.134. The molecule has 1 N–H and O–H groups in total. The predicted octanol–water partition coefficient (Wildman–Crippen LogP) is 6.74. The number of benzene rings is 3. The summed E-state index contributed by atoms with van der Waals surface area (Å²) in [6.45, 7) is 1.83. The smallest absolute Gasteiger partial charge is 0.330 e. The van der Waals surface area contributed by atoms with Crippen LogP contribution in [0.15, 0.2) is 79.0 Å². The molecule has 1 aliphatic rings. The molecule has 4 nitrogen and oxygen atoms in total. The lowest BCUT2D eigenvalue weighted by Crippen LogP contribution is -2.29. The van der Waals surface area contributed by atoms with Gasteiger partial charge in [0.15, 0.2) is 0 Å². The summed E-state index contributed by atoms with van der Waals surface area (Å²) in [6, 6.07) is 23.6. The number of hydrogen-bond acceptors (Lipinski definition) is 3. The summed E-state index contributed by atoms with van der Waals surface area (Å²) < 4.78 is 4.72. The van der Waals surface area contributed by atoms with Crippen molar-refractivity contribution in [1.29, 1.82) is 0 Å². The van der Waals surface area contributed by atoms with Crippen molar-refractivity contribution in [2.75, 3.05) is 13.7 Å². The number of ether oxygens (including phenoxy) is 1. The fourth-order valence-electron chi connectivity index (χ4n) is 5.10. The van der Waals surface area contributed by atoms with Crippen LogP contribution in [0.5, 0.6) is 0 Å². The molecule has 1 heterocycles. The number of aryl methyl sites for hydroxylation is 1. The number of aromatic amines is 1. The minimum atomic E-state index is -0.338. The Bertz CT molecular complexity index is 1360. The summed E-state index contributed by atoms with van der Waals surface area (Å²) in [7, 11) is 1.39. The summed E-state index contributed by atoms with van der Waals surface area (Å²) >= 11 is 6.14. The van der Waals surface area contributed by atoms with E-state index in [2.05, 4.69) is 70.7 Å². The van der Waals surface area contributed by atoms with Gasteiger partial charge in [0, 0.05) is 47.3 Å². The number of carbonyl (C=O) groups is 1. The number of methoxy groups -OCH3 is 1. The van der Waals surface area contributed by atoms with Crippen molar-refractivity contribution in [2.45, 2.75) is 31.8 Å². The van der Waals surface area contributed by atoms with Crippen molar-refractivity contribution in [3.8, 4) is 0 Å². The van der Waals surface area contributed by atoms with Gasteiger partial charge < -0.3 is 9.72 Å². The molecule has 0 bridgehead atoms. The van der Waals surface area contributed by atoms with Crippen molar-refractivity contribution >= 4 is 34.5 Å². The number of halogens is 1. The zero-order valence-corrected chi connectivity index (χ0v) is 20.6. The van der Waals surface area contributed by atoms with Gasteiger partial charge in [0.05, 0.1) is 7.11 Å². The van der Waals surface area contributed by atoms with E-state index in [0.29, 0.717) is 6.04 Å².